The van der Waals surface area contributed by atoms with Crippen LogP contribution in [0.25, 0.3) is 5.57 Å². The van der Waals surface area contributed by atoms with Gasteiger partial charge in [0, 0.05) is 13.1 Å². The van der Waals surface area contributed by atoms with Crippen LogP contribution < -0.4 is 10.2 Å². The number of carbonyl (C=O) groups excluding carboxylic acids is 1. The van der Waals surface area contributed by atoms with Gasteiger partial charge >= 0.3 is 5.97 Å². The van der Waals surface area contributed by atoms with Crippen LogP contribution in [0.4, 0.5) is 21.8 Å². The average molecular weight is 537 g/mol. The fraction of sp³-hybridized carbons (Fsp3) is 0.321. The van der Waals surface area contributed by atoms with Gasteiger partial charge in [0.25, 0.3) is 0 Å². The number of nitrogens with one attached hydrogen (secondary N) is 1. The van der Waals surface area contributed by atoms with E-state index < -0.39 is 21.6 Å². The molecular weight excluding hydrogens is 507 g/mol. The quantitative estimate of drug-likeness (QED) is 0.463. The molecule has 198 valence electrons. The fourth-order valence-corrected chi connectivity index (χ4v) is 6.38. The first-order valence-corrected chi connectivity index (χ1v) is 14.2. The molecule has 0 fully saturated rings. The molecule has 0 spiro atoms. The number of aryl methyl sites for hydroxylation is 2. The molecule has 2 aromatic carbocycles. The Morgan fingerprint density at radius 1 is 1.13 bits per heavy atom. The maximum Gasteiger partial charge on any atom is 0.309 e. The smallest absolute Gasteiger partial charge is 0.309 e. The van der Waals surface area contributed by atoms with Crippen LogP contribution in [-0.4, -0.2) is 50.3 Å². The molecule has 10 heteroatoms. The lowest BCUT2D eigenvalue weighted by atomic mass is 9.99. The number of hydrogen-bond donors (Lipinski definition) is 1. The first kappa shape index (κ1) is 25.8. The zero-order chi connectivity index (χ0) is 26.9. The Labute approximate surface area is 221 Å². The number of fused-ring (bicyclic) bond motifs is 1. The predicted molar refractivity (Wildman–Crippen MR) is 144 cm³/mol. The number of aromatic nitrogens is 2. The van der Waals surface area contributed by atoms with E-state index in [1.807, 2.05) is 4.90 Å². The molecule has 0 saturated carbocycles. The van der Waals surface area contributed by atoms with Crippen molar-refractivity contribution in [3.8, 4) is 0 Å². The number of methoxy groups -OCH3 is 1. The van der Waals surface area contributed by atoms with Crippen LogP contribution in [0.3, 0.4) is 0 Å². The highest BCUT2D eigenvalue weighted by atomic mass is 32.2. The minimum Gasteiger partial charge on any atom is -0.469 e. The van der Waals surface area contributed by atoms with Gasteiger partial charge in [-0.2, -0.15) is 4.98 Å². The van der Waals surface area contributed by atoms with Crippen LogP contribution >= 0.6 is 0 Å². The van der Waals surface area contributed by atoms with Gasteiger partial charge in [-0.15, -0.1) is 0 Å². The van der Waals surface area contributed by atoms with Crippen LogP contribution in [-0.2, 0) is 32.2 Å². The number of carbonyl (C=O) groups is 1. The second kappa shape index (κ2) is 10.5. The maximum absolute atomic E-state index is 15.0. The van der Waals surface area contributed by atoms with Crippen molar-refractivity contribution >= 4 is 38.8 Å². The summed E-state index contributed by atoms with van der Waals surface area (Å²) >= 11 is 0. The molecule has 0 amide bonds. The zero-order valence-corrected chi connectivity index (χ0v) is 22.1. The number of anilines is 3. The van der Waals surface area contributed by atoms with E-state index in [1.165, 1.54) is 35.9 Å². The second-order valence-corrected chi connectivity index (χ2v) is 11.6. The van der Waals surface area contributed by atoms with Crippen LogP contribution in [0.15, 0.2) is 53.4 Å². The Morgan fingerprint density at radius 2 is 1.92 bits per heavy atom. The number of rotatable bonds is 6. The molecule has 1 N–H and O–H groups in total. The van der Waals surface area contributed by atoms with Crippen molar-refractivity contribution in [2.45, 2.75) is 37.5 Å². The highest BCUT2D eigenvalue weighted by Crippen LogP contribution is 2.34. The minimum absolute atomic E-state index is 0.00963. The molecule has 0 unspecified atom stereocenters. The molecule has 5 rings (SSSR count). The third kappa shape index (κ3) is 5.40. The van der Waals surface area contributed by atoms with E-state index in [0.29, 0.717) is 43.1 Å². The largest absolute Gasteiger partial charge is 0.469 e. The number of sulfone groups is 1. The number of esters is 1. The van der Waals surface area contributed by atoms with Crippen LogP contribution in [0.1, 0.15) is 35.2 Å². The molecular formula is C28H29FN4O4S. The molecule has 0 atom stereocenters. The summed E-state index contributed by atoms with van der Waals surface area (Å²) in [6.07, 6.45) is 3.83. The predicted octanol–water partition coefficient (Wildman–Crippen LogP) is 4.40. The van der Waals surface area contributed by atoms with Crippen molar-refractivity contribution in [2.75, 3.05) is 36.2 Å². The summed E-state index contributed by atoms with van der Waals surface area (Å²) < 4.78 is 45.6. The second-order valence-electron chi connectivity index (χ2n) is 9.55. The fourth-order valence-electron chi connectivity index (χ4n) is 4.75. The zero-order valence-electron chi connectivity index (χ0n) is 21.3. The van der Waals surface area contributed by atoms with Gasteiger partial charge in [0.2, 0.25) is 5.95 Å². The van der Waals surface area contributed by atoms with Crippen molar-refractivity contribution < 1.29 is 22.3 Å². The van der Waals surface area contributed by atoms with Gasteiger partial charge in [-0.05, 0) is 55.0 Å². The number of halogens is 1. The van der Waals surface area contributed by atoms with Crippen molar-refractivity contribution in [2.24, 2.45) is 0 Å². The van der Waals surface area contributed by atoms with E-state index in [0.717, 1.165) is 6.42 Å². The first-order chi connectivity index (χ1) is 18.2. The molecule has 0 saturated heterocycles. The van der Waals surface area contributed by atoms with Crippen molar-refractivity contribution in [3.63, 3.8) is 0 Å². The van der Waals surface area contributed by atoms with Gasteiger partial charge in [0.05, 0.1) is 30.7 Å². The van der Waals surface area contributed by atoms with Gasteiger partial charge in [0.15, 0.2) is 15.7 Å². The summed E-state index contributed by atoms with van der Waals surface area (Å²) in [5.41, 5.74) is 4.59. The third-order valence-corrected chi connectivity index (χ3v) is 8.72. The lowest BCUT2D eigenvalue weighted by molar-refractivity contribution is -0.139. The highest BCUT2D eigenvalue weighted by Gasteiger charge is 2.31. The number of ether oxygens (including phenoxy) is 1. The van der Waals surface area contributed by atoms with E-state index in [1.54, 1.807) is 6.07 Å². The van der Waals surface area contributed by atoms with E-state index in [-0.39, 0.29) is 28.6 Å². The Balaban J connectivity index is 1.46. The molecule has 0 bridgehead atoms. The van der Waals surface area contributed by atoms with Gasteiger partial charge in [-0.3, -0.25) is 4.79 Å². The summed E-state index contributed by atoms with van der Waals surface area (Å²) in [4.78, 5) is 22.8. The molecule has 3 aromatic rings. The normalized spacial score (nSPS) is 16.4. The summed E-state index contributed by atoms with van der Waals surface area (Å²) in [6.45, 7) is 3.30. The van der Waals surface area contributed by atoms with E-state index >= 15 is 0 Å². The molecule has 0 aliphatic carbocycles. The lowest BCUT2D eigenvalue weighted by Gasteiger charge is -2.29. The molecule has 0 radical (unpaired) electrons. The topological polar surface area (TPSA) is 101 Å². The Morgan fingerprint density at radius 3 is 2.61 bits per heavy atom. The molecule has 8 nitrogen and oxygen atoms in total. The SMILES string of the molecule is COC(=O)Cc1ccc(Nc2nc(N3CC=C(c4ccc(C)cc4)CC3)nc3c2S(=O)(=O)CCC3)c(F)c1. The molecule has 3 heterocycles. The van der Waals surface area contributed by atoms with Gasteiger partial charge in [-0.1, -0.05) is 42.0 Å². The van der Waals surface area contributed by atoms with E-state index in [2.05, 4.69) is 57.3 Å². The van der Waals surface area contributed by atoms with E-state index in [4.69, 9.17) is 0 Å². The summed E-state index contributed by atoms with van der Waals surface area (Å²) in [6, 6.07) is 12.7. The number of benzene rings is 2. The standard InChI is InChI=1S/C28H29FN4O4S/c1-18-5-8-20(9-6-18)21-11-13-33(14-12-21)28-31-24-4-3-15-38(35,36)26(24)27(32-28)30-23-10-7-19(16-22(23)29)17-25(34)37-2/h5-11,16H,3-4,12-15,17H2,1-2H3,(H,30,31,32). The number of nitrogens with zero attached hydrogens (tertiary/aromatic N) is 3. The Bertz CT molecular complexity index is 1520. The third-order valence-electron chi connectivity index (χ3n) is 6.84. The van der Waals surface area contributed by atoms with Gasteiger partial charge in [0.1, 0.15) is 10.7 Å². The summed E-state index contributed by atoms with van der Waals surface area (Å²) in [7, 11) is -2.36. The van der Waals surface area contributed by atoms with Crippen molar-refractivity contribution in [1.29, 1.82) is 0 Å². The van der Waals surface area contributed by atoms with Crippen molar-refractivity contribution in [1.82, 2.24) is 9.97 Å². The summed E-state index contributed by atoms with van der Waals surface area (Å²) in [5.74, 6) is -0.642. The summed E-state index contributed by atoms with van der Waals surface area (Å²) in [5, 5.41) is 2.91. The molecule has 1 aromatic heterocycles. The minimum atomic E-state index is -3.63. The Hall–Kier alpha value is -3.79. The maximum atomic E-state index is 15.0. The molecule has 2 aliphatic heterocycles. The monoisotopic (exact) mass is 536 g/mol. The van der Waals surface area contributed by atoms with Crippen molar-refractivity contribution in [3.05, 3.63) is 76.7 Å². The Kier molecular flexibility index (Phi) is 7.16. The van der Waals surface area contributed by atoms with Gasteiger partial charge in [-0.25, -0.2) is 17.8 Å². The van der Waals surface area contributed by atoms with Gasteiger partial charge < -0.3 is 15.0 Å². The first-order valence-electron chi connectivity index (χ1n) is 12.5. The molecule has 2 aliphatic rings. The lowest BCUT2D eigenvalue weighted by Crippen LogP contribution is -2.31. The highest BCUT2D eigenvalue weighted by molar-refractivity contribution is 7.91. The number of hydrogen-bond acceptors (Lipinski definition) is 8. The molecule has 38 heavy (non-hydrogen) atoms. The average Bonchev–Trinajstić information content (AvgIpc) is 2.90. The van der Waals surface area contributed by atoms with E-state index in [9.17, 15) is 17.6 Å². The van der Waals surface area contributed by atoms with Crippen LogP contribution in [0, 0.1) is 12.7 Å². The van der Waals surface area contributed by atoms with Crippen LogP contribution in [0.5, 0.6) is 0 Å². The van der Waals surface area contributed by atoms with Crippen LogP contribution in [0.2, 0.25) is 0 Å².